The Morgan fingerprint density at radius 2 is 1.81 bits per heavy atom. The molecule has 164 valence electrons. The third-order valence-corrected chi connectivity index (χ3v) is 5.44. The summed E-state index contributed by atoms with van der Waals surface area (Å²) in [6.07, 6.45) is -0.0552. The van der Waals surface area contributed by atoms with Crippen molar-refractivity contribution in [3.8, 4) is 5.75 Å². The van der Waals surface area contributed by atoms with Gasteiger partial charge in [-0.3, -0.25) is 4.79 Å². The maximum absolute atomic E-state index is 13.7. The standard InChI is InChI=1S/C25H23FN2O4/c26-20-8-6-17(7-9-20)12-14-28(21-10-11-22-19(16-21)13-15-32-22)24(29)23(27-25(30)31)18-4-2-1-3-5-18/h1-11,16,23,27H,12-15H2,(H,30,31). The van der Waals surface area contributed by atoms with Gasteiger partial charge in [0.15, 0.2) is 0 Å². The lowest BCUT2D eigenvalue weighted by atomic mass is 10.0. The molecule has 0 radical (unpaired) electrons. The van der Waals surface area contributed by atoms with E-state index in [0.29, 0.717) is 30.8 Å². The molecule has 0 bridgehead atoms. The Balaban J connectivity index is 1.67. The van der Waals surface area contributed by atoms with Crippen LogP contribution in [0.1, 0.15) is 22.7 Å². The van der Waals surface area contributed by atoms with Crippen LogP contribution in [0, 0.1) is 5.82 Å². The summed E-state index contributed by atoms with van der Waals surface area (Å²) >= 11 is 0. The first-order valence-corrected chi connectivity index (χ1v) is 10.4. The van der Waals surface area contributed by atoms with Gasteiger partial charge in [-0.15, -0.1) is 0 Å². The summed E-state index contributed by atoms with van der Waals surface area (Å²) in [5.41, 5.74) is 3.09. The summed E-state index contributed by atoms with van der Waals surface area (Å²) in [6.45, 7) is 0.893. The molecule has 32 heavy (non-hydrogen) atoms. The average Bonchev–Trinajstić information content (AvgIpc) is 3.27. The van der Waals surface area contributed by atoms with Gasteiger partial charge in [0.1, 0.15) is 17.6 Å². The van der Waals surface area contributed by atoms with Crippen LogP contribution in [0.2, 0.25) is 0 Å². The minimum absolute atomic E-state index is 0.300. The normalized spacial score (nSPS) is 13.0. The number of nitrogens with zero attached hydrogens (tertiary/aromatic N) is 1. The van der Waals surface area contributed by atoms with Gasteiger partial charge in [0.05, 0.1) is 6.61 Å². The highest BCUT2D eigenvalue weighted by Gasteiger charge is 2.29. The SMILES string of the molecule is O=C(O)NC(C(=O)N(CCc1ccc(F)cc1)c1ccc2c(c1)CCO2)c1ccccc1. The molecule has 0 spiro atoms. The first kappa shape index (κ1) is 21.4. The number of halogens is 1. The van der Waals surface area contributed by atoms with E-state index in [1.54, 1.807) is 53.4 Å². The Bertz CT molecular complexity index is 1100. The van der Waals surface area contributed by atoms with Crippen LogP contribution in [-0.4, -0.2) is 30.3 Å². The molecule has 0 fully saturated rings. The number of rotatable bonds is 7. The van der Waals surface area contributed by atoms with E-state index in [1.807, 2.05) is 12.1 Å². The molecule has 3 aromatic carbocycles. The number of ether oxygens (including phenoxy) is 1. The zero-order valence-electron chi connectivity index (χ0n) is 17.3. The quantitative estimate of drug-likeness (QED) is 0.580. The van der Waals surface area contributed by atoms with Crippen molar-refractivity contribution in [3.63, 3.8) is 0 Å². The maximum atomic E-state index is 13.7. The predicted molar refractivity (Wildman–Crippen MR) is 118 cm³/mol. The molecule has 4 rings (SSSR count). The highest BCUT2D eigenvalue weighted by molar-refractivity contribution is 5.99. The van der Waals surface area contributed by atoms with Crippen molar-refractivity contribution in [2.75, 3.05) is 18.1 Å². The van der Waals surface area contributed by atoms with Crippen molar-refractivity contribution in [2.24, 2.45) is 0 Å². The van der Waals surface area contributed by atoms with Crippen LogP contribution >= 0.6 is 0 Å². The number of carboxylic acid groups (broad SMARTS) is 1. The predicted octanol–water partition coefficient (Wildman–Crippen LogP) is 4.35. The third-order valence-electron chi connectivity index (χ3n) is 5.44. The number of amides is 2. The molecule has 3 aromatic rings. The molecule has 1 heterocycles. The van der Waals surface area contributed by atoms with Crippen molar-refractivity contribution >= 4 is 17.7 Å². The fourth-order valence-electron chi connectivity index (χ4n) is 3.81. The Hall–Kier alpha value is -3.87. The monoisotopic (exact) mass is 434 g/mol. The van der Waals surface area contributed by atoms with Gasteiger partial charge < -0.3 is 20.1 Å². The van der Waals surface area contributed by atoms with Crippen LogP contribution in [0.4, 0.5) is 14.9 Å². The lowest BCUT2D eigenvalue weighted by Crippen LogP contribution is -2.43. The van der Waals surface area contributed by atoms with Crippen LogP contribution < -0.4 is 15.0 Å². The van der Waals surface area contributed by atoms with Gasteiger partial charge in [-0.25, -0.2) is 9.18 Å². The second-order valence-electron chi connectivity index (χ2n) is 7.55. The van der Waals surface area contributed by atoms with E-state index in [0.717, 1.165) is 23.3 Å². The molecule has 1 aliphatic rings. The molecule has 6 nitrogen and oxygen atoms in total. The summed E-state index contributed by atoms with van der Waals surface area (Å²) in [4.78, 5) is 26.7. The van der Waals surface area contributed by atoms with E-state index in [9.17, 15) is 19.1 Å². The molecule has 2 amide bonds. The van der Waals surface area contributed by atoms with E-state index in [4.69, 9.17) is 4.74 Å². The van der Waals surface area contributed by atoms with Crippen LogP contribution in [0.3, 0.4) is 0 Å². The van der Waals surface area contributed by atoms with E-state index in [-0.39, 0.29) is 11.7 Å². The van der Waals surface area contributed by atoms with Gasteiger partial charge >= 0.3 is 6.09 Å². The highest BCUT2D eigenvalue weighted by Crippen LogP contribution is 2.31. The minimum Gasteiger partial charge on any atom is -0.493 e. The smallest absolute Gasteiger partial charge is 0.405 e. The van der Waals surface area contributed by atoms with Crippen molar-refractivity contribution in [1.29, 1.82) is 0 Å². The van der Waals surface area contributed by atoms with Crippen LogP contribution in [0.15, 0.2) is 72.8 Å². The Morgan fingerprint density at radius 3 is 2.53 bits per heavy atom. The summed E-state index contributed by atoms with van der Waals surface area (Å²) in [7, 11) is 0. The molecule has 0 saturated carbocycles. The van der Waals surface area contributed by atoms with Crippen molar-refractivity contribution in [1.82, 2.24) is 5.32 Å². The lowest BCUT2D eigenvalue weighted by Gasteiger charge is -2.28. The molecule has 0 aromatic heterocycles. The van der Waals surface area contributed by atoms with E-state index >= 15 is 0 Å². The molecule has 1 aliphatic heterocycles. The van der Waals surface area contributed by atoms with Crippen molar-refractivity contribution in [3.05, 3.63) is 95.3 Å². The number of anilines is 1. The molecule has 0 saturated heterocycles. The van der Waals surface area contributed by atoms with Crippen LogP contribution in [0.25, 0.3) is 0 Å². The van der Waals surface area contributed by atoms with E-state index in [1.165, 1.54) is 12.1 Å². The molecule has 1 atom stereocenters. The minimum atomic E-state index is -1.28. The Kier molecular flexibility index (Phi) is 6.35. The van der Waals surface area contributed by atoms with Gasteiger partial charge in [-0.05, 0) is 53.4 Å². The van der Waals surface area contributed by atoms with Crippen molar-refractivity contribution in [2.45, 2.75) is 18.9 Å². The Labute approximate surface area is 185 Å². The number of benzene rings is 3. The van der Waals surface area contributed by atoms with Gasteiger partial charge in [0, 0.05) is 18.7 Å². The number of hydrogen-bond donors (Lipinski definition) is 2. The number of hydrogen-bond acceptors (Lipinski definition) is 3. The highest BCUT2D eigenvalue weighted by atomic mass is 19.1. The maximum Gasteiger partial charge on any atom is 0.405 e. The van der Waals surface area contributed by atoms with Gasteiger partial charge in [0.2, 0.25) is 0 Å². The molecule has 7 heteroatoms. The van der Waals surface area contributed by atoms with Crippen LogP contribution in [-0.2, 0) is 17.6 Å². The summed E-state index contributed by atoms with van der Waals surface area (Å²) in [5.74, 6) is 0.0811. The molecule has 0 aliphatic carbocycles. The molecule has 2 N–H and O–H groups in total. The van der Waals surface area contributed by atoms with Crippen molar-refractivity contribution < 1.29 is 23.8 Å². The zero-order chi connectivity index (χ0) is 22.5. The molecular formula is C25H23FN2O4. The number of carbonyl (C=O) groups excluding carboxylic acids is 1. The number of nitrogens with one attached hydrogen (secondary N) is 1. The van der Waals surface area contributed by atoms with E-state index < -0.39 is 12.1 Å². The molecule has 1 unspecified atom stereocenters. The first-order valence-electron chi connectivity index (χ1n) is 10.4. The summed E-state index contributed by atoms with van der Waals surface area (Å²) < 4.78 is 18.9. The second-order valence-corrected chi connectivity index (χ2v) is 7.55. The number of carbonyl (C=O) groups is 2. The van der Waals surface area contributed by atoms with E-state index in [2.05, 4.69) is 5.32 Å². The largest absolute Gasteiger partial charge is 0.493 e. The topological polar surface area (TPSA) is 78.9 Å². The third kappa shape index (κ3) is 4.88. The fourth-order valence-corrected chi connectivity index (χ4v) is 3.81. The fraction of sp³-hybridized carbons (Fsp3) is 0.200. The summed E-state index contributed by atoms with van der Waals surface area (Å²) in [5, 5.41) is 11.7. The average molecular weight is 434 g/mol. The van der Waals surface area contributed by atoms with Crippen LogP contribution in [0.5, 0.6) is 5.75 Å². The second kappa shape index (κ2) is 9.51. The Morgan fingerprint density at radius 1 is 1.06 bits per heavy atom. The first-order chi connectivity index (χ1) is 15.5. The molecular weight excluding hydrogens is 411 g/mol. The zero-order valence-corrected chi connectivity index (χ0v) is 17.3. The number of fused-ring (bicyclic) bond motifs is 1. The van der Waals surface area contributed by atoms with Gasteiger partial charge in [0.25, 0.3) is 5.91 Å². The summed E-state index contributed by atoms with van der Waals surface area (Å²) in [6, 6.07) is 19.4. The van der Waals surface area contributed by atoms with Gasteiger partial charge in [-0.1, -0.05) is 42.5 Å². The lowest BCUT2D eigenvalue weighted by molar-refractivity contribution is -0.120. The van der Waals surface area contributed by atoms with Gasteiger partial charge in [-0.2, -0.15) is 0 Å².